The van der Waals surface area contributed by atoms with Crippen molar-refractivity contribution in [3.8, 4) is 5.75 Å². The molecule has 1 aromatic carbocycles. The molecule has 0 radical (unpaired) electrons. The molecular weight excluding hydrogens is 258 g/mol. The van der Waals surface area contributed by atoms with Crippen LogP contribution in [-0.2, 0) is 4.74 Å². The molecule has 0 amide bonds. The fourth-order valence-electron chi connectivity index (χ4n) is 2.11. The number of hydrogen-bond acceptors (Lipinski definition) is 4. The van der Waals surface area contributed by atoms with E-state index in [0.29, 0.717) is 6.61 Å². The molecule has 0 saturated carbocycles. The summed E-state index contributed by atoms with van der Waals surface area (Å²) in [4.78, 5) is 1.24. The third-order valence-corrected chi connectivity index (χ3v) is 4.28. The van der Waals surface area contributed by atoms with E-state index in [4.69, 9.17) is 9.47 Å². The lowest BCUT2D eigenvalue weighted by molar-refractivity contribution is 0.0716. The molecule has 0 aliphatic carbocycles. The van der Waals surface area contributed by atoms with Crippen molar-refractivity contribution in [1.29, 1.82) is 0 Å². The number of para-hydroxylation sites is 1. The van der Waals surface area contributed by atoms with Gasteiger partial charge in [-0.25, -0.2) is 0 Å². The van der Waals surface area contributed by atoms with Crippen LogP contribution in [0.15, 0.2) is 29.2 Å². The molecule has 3 nitrogen and oxygen atoms in total. The van der Waals surface area contributed by atoms with Crippen molar-refractivity contribution in [3.05, 3.63) is 24.3 Å². The van der Waals surface area contributed by atoms with E-state index in [0.717, 1.165) is 31.1 Å². The maximum Gasteiger partial charge on any atom is 0.133 e. The van der Waals surface area contributed by atoms with Gasteiger partial charge in [0.05, 0.1) is 12.6 Å². The molecule has 0 fully saturated rings. The van der Waals surface area contributed by atoms with E-state index in [-0.39, 0.29) is 12.1 Å². The molecule has 19 heavy (non-hydrogen) atoms. The second-order valence-corrected chi connectivity index (χ2v) is 5.70. The highest BCUT2D eigenvalue weighted by atomic mass is 32.2. The molecule has 0 saturated heterocycles. The first-order valence-electron chi connectivity index (χ1n) is 7.04. The molecule has 1 aromatic rings. The number of ether oxygens (including phenoxy) is 2. The Morgan fingerprint density at radius 2 is 2.26 bits per heavy atom. The summed E-state index contributed by atoms with van der Waals surface area (Å²) in [6, 6.07) is 8.52. The highest BCUT2D eigenvalue weighted by Gasteiger charge is 2.27. The second-order valence-electron chi connectivity index (χ2n) is 4.63. The van der Waals surface area contributed by atoms with Crippen molar-refractivity contribution in [2.24, 2.45) is 0 Å². The number of rotatable bonds is 7. The molecule has 1 N–H and O–H groups in total. The summed E-state index contributed by atoms with van der Waals surface area (Å²) in [6.45, 7) is 6.67. The minimum Gasteiger partial charge on any atom is -0.487 e. The van der Waals surface area contributed by atoms with Crippen molar-refractivity contribution in [3.63, 3.8) is 0 Å². The van der Waals surface area contributed by atoms with Gasteiger partial charge < -0.3 is 14.8 Å². The Kier molecular flexibility index (Phi) is 6.01. The van der Waals surface area contributed by atoms with E-state index in [1.165, 1.54) is 4.90 Å². The number of fused-ring (bicyclic) bond motifs is 1. The molecule has 2 unspecified atom stereocenters. The monoisotopic (exact) mass is 281 g/mol. The zero-order valence-electron chi connectivity index (χ0n) is 11.7. The van der Waals surface area contributed by atoms with Crippen LogP contribution < -0.4 is 10.1 Å². The van der Waals surface area contributed by atoms with Gasteiger partial charge in [0.25, 0.3) is 0 Å². The molecule has 2 atom stereocenters. The van der Waals surface area contributed by atoms with Gasteiger partial charge in [-0.2, -0.15) is 0 Å². The first-order chi connectivity index (χ1) is 9.35. The molecule has 1 aliphatic heterocycles. The zero-order chi connectivity index (χ0) is 13.5. The fourth-order valence-corrected chi connectivity index (χ4v) is 3.18. The van der Waals surface area contributed by atoms with E-state index in [1.54, 1.807) is 0 Å². The molecule has 4 heteroatoms. The standard InChI is InChI=1S/C15H23NO2S/c1-3-9-16-12(10-17-4-2)14-11-19-15-8-6-5-7-13(15)18-14/h5-8,12,14,16H,3-4,9-11H2,1-2H3. The third-order valence-electron chi connectivity index (χ3n) is 3.14. The van der Waals surface area contributed by atoms with Crippen LogP contribution in [0.25, 0.3) is 0 Å². The van der Waals surface area contributed by atoms with Gasteiger partial charge in [-0.1, -0.05) is 19.1 Å². The lowest BCUT2D eigenvalue weighted by atomic mass is 10.2. The van der Waals surface area contributed by atoms with Gasteiger partial charge in [-0.3, -0.25) is 0 Å². The molecule has 106 valence electrons. The number of nitrogens with one attached hydrogen (secondary N) is 1. The molecule has 1 aliphatic rings. The van der Waals surface area contributed by atoms with E-state index < -0.39 is 0 Å². The van der Waals surface area contributed by atoms with Crippen molar-refractivity contribution in [1.82, 2.24) is 5.32 Å². The van der Waals surface area contributed by atoms with Crippen LogP contribution in [0.4, 0.5) is 0 Å². The van der Waals surface area contributed by atoms with E-state index in [9.17, 15) is 0 Å². The molecule has 2 rings (SSSR count). The van der Waals surface area contributed by atoms with Crippen LogP contribution in [0.1, 0.15) is 20.3 Å². The maximum atomic E-state index is 6.12. The predicted molar refractivity (Wildman–Crippen MR) is 80.2 cm³/mol. The zero-order valence-corrected chi connectivity index (χ0v) is 12.5. The minimum absolute atomic E-state index is 0.179. The quantitative estimate of drug-likeness (QED) is 0.832. The average molecular weight is 281 g/mol. The Labute approximate surface area is 120 Å². The van der Waals surface area contributed by atoms with Gasteiger partial charge in [0, 0.05) is 17.3 Å². The SMILES string of the molecule is CCCNC(COCC)C1CSc2ccccc2O1. The van der Waals surface area contributed by atoms with Gasteiger partial charge in [0.1, 0.15) is 11.9 Å². The summed E-state index contributed by atoms with van der Waals surface area (Å²) in [5, 5.41) is 3.54. The molecule has 0 bridgehead atoms. The van der Waals surface area contributed by atoms with Crippen LogP contribution in [-0.4, -0.2) is 37.7 Å². The normalized spacial score (nSPS) is 19.6. The summed E-state index contributed by atoms with van der Waals surface area (Å²) < 4.78 is 11.7. The maximum absolute atomic E-state index is 6.12. The molecule has 0 aromatic heterocycles. The summed E-state index contributed by atoms with van der Waals surface area (Å²) in [5.41, 5.74) is 0. The smallest absolute Gasteiger partial charge is 0.133 e. The summed E-state index contributed by atoms with van der Waals surface area (Å²) >= 11 is 1.87. The predicted octanol–water partition coefficient (Wildman–Crippen LogP) is 2.94. The Bertz CT molecular complexity index is 378. The van der Waals surface area contributed by atoms with Crippen molar-refractivity contribution in [2.75, 3.05) is 25.5 Å². The Morgan fingerprint density at radius 1 is 1.42 bits per heavy atom. The van der Waals surface area contributed by atoms with E-state index >= 15 is 0 Å². The lowest BCUT2D eigenvalue weighted by Crippen LogP contribution is -2.48. The van der Waals surface area contributed by atoms with Crippen LogP contribution in [0.5, 0.6) is 5.75 Å². The van der Waals surface area contributed by atoms with Crippen LogP contribution >= 0.6 is 11.8 Å². The van der Waals surface area contributed by atoms with Crippen LogP contribution in [0, 0.1) is 0 Å². The number of hydrogen-bond donors (Lipinski definition) is 1. The fraction of sp³-hybridized carbons (Fsp3) is 0.600. The van der Waals surface area contributed by atoms with Gasteiger partial charge in [0.2, 0.25) is 0 Å². The van der Waals surface area contributed by atoms with Crippen LogP contribution in [0.3, 0.4) is 0 Å². The van der Waals surface area contributed by atoms with Crippen molar-refractivity contribution >= 4 is 11.8 Å². The van der Waals surface area contributed by atoms with E-state index in [1.807, 2.05) is 30.8 Å². The Hall–Kier alpha value is -0.710. The highest BCUT2D eigenvalue weighted by molar-refractivity contribution is 7.99. The molecule has 0 spiro atoms. The van der Waals surface area contributed by atoms with Gasteiger partial charge in [-0.05, 0) is 32.0 Å². The Balaban J connectivity index is 1.98. The van der Waals surface area contributed by atoms with Gasteiger partial charge in [-0.15, -0.1) is 11.8 Å². The summed E-state index contributed by atoms with van der Waals surface area (Å²) in [7, 11) is 0. The summed E-state index contributed by atoms with van der Waals surface area (Å²) in [5.74, 6) is 1.98. The van der Waals surface area contributed by atoms with Crippen molar-refractivity contribution in [2.45, 2.75) is 37.3 Å². The van der Waals surface area contributed by atoms with Crippen LogP contribution in [0.2, 0.25) is 0 Å². The first-order valence-corrected chi connectivity index (χ1v) is 8.03. The largest absolute Gasteiger partial charge is 0.487 e. The number of benzene rings is 1. The van der Waals surface area contributed by atoms with E-state index in [2.05, 4.69) is 24.4 Å². The average Bonchev–Trinajstić information content (AvgIpc) is 2.47. The minimum atomic E-state index is 0.179. The Morgan fingerprint density at radius 3 is 3.05 bits per heavy atom. The summed E-state index contributed by atoms with van der Waals surface area (Å²) in [6.07, 6.45) is 1.30. The molecule has 1 heterocycles. The number of thioether (sulfide) groups is 1. The van der Waals surface area contributed by atoms with Gasteiger partial charge >= 0.3 is 0 Å². The van der Waals surface area contributed by atoms with Gasteiger partial charge in [0.15, 0.2) is 0 Å². The van der Waals surface area contributed by atoms with Crippen molar-refractivity contribution < 1.29 is 9.47 Å². The molecular formula is C15H23NO2S. The lowest BCUT2D eigenvalue weighted by Gasteiger charge is -2.32. The first kappa shape index (κ1) is 14.7. The third kappa shape index (κ3) is 4.13. The topological polar surface area (TPSA) is 30.5 Å². The highest BCUT2D eigenvalue weighted by Crippen LogP contribution is 2.35. The second kappa shape index (κ2) is 7.78.